The molecule has 1 N–H and O–H groups in total. The van der Waals surface area contributed by atoms with Crippen molar-refractivity contribution in [1.29, 1.82) is 0 Å². The van der Waals surface area contributed by atoms with Gasteiger partial charge in [-0.05, 0) is 30.5 Å². The quantitative estimate of drug-likeness (QED) is 0.384. The highest BCUT2D eigenvalue weighted by Crippen LogP contribution is 2.33. The van der Waals surface area contributed by atoms with Crippen molar-refractivity contribution in [2.75, 3.05) is 19.5 Å². The Morgan fingerprint density at radius 2 is 1.77 bits per heavy atom. The van der Waals surface area contributed by atoms with E-state index < -0.39 is 0 Å². The molecule has 0 unspecified atom stereocenters. The molecule has 4 aromatic rings. The highest BCUT2D eigenvalue weighted by atomic mass is 32.1. The standard InChI is InChI=1S/C24H28N4O2S/c1-29-21-12-19-20(13-22(21)30-2)28(15-25-19)14-16-9-10-18-23(11-16)31-24(27-18)26-17-7-5-3-4-6-8-17/h9-13,15,17H,3-8,14H2,1-2H3,(H,26,27). The number of hydrogen-bond donors (Lipinski definition) is 1. The SMILES string of the molecule is COc1cc2ncn(Cc3ccc4nc(NC5CCCCCC5)sc4c3)c2cc1OC. The van der Waals surface area contributed by atoms with E-state index in [0.717, 1.165) is 28.2 Å². The molecule has 0 saturated heterocycles. The summed E-state index contributed by atoms with van der Waals surface area (Å²) in [6, 6.07) is 11.0. The molecule has 1 aliphatic carbocycles. The summed E-state index contributed by atoms with van der Waals surface area (Å²) in [6.07, 6.45) is 9.75. The van der Waals surface area contributed by atoms with E-state index in [0.29, 0.717) is 17.5 Å². The predicted octanol–water partition coefficient (Wildman–Crippen LogP) is 5.85. The zero-order valence-corrected chi connectivity index (χ0v) is 18.9. The number of rotatable bonds is 6. The summed E-state index contributed by atoms with van der Waals surface area (Å²) in [4.78, 5) is 9.37. The Labute approximate surface area is 186 Å². The summed E-state index contributed by atoms with van der Waals surface area (Å²) in [6.45, 7) is 0.741. The van der Waals surface area contributed by atoms with E-state index in [1.165, 1.54) is 48.8 Å². The number of aromatic nitrogens is 3. The number of nitrogens with zero attached hydrogens (tertiary/aromatic N) is 3. The van der Waals surface area contributed by atoms with E-state index in [1.54, 1.807) is 25.6 Å². The van der Waals surface area contributed by atoms with Crippen molar-refractivity contribution in [3.63, 3.8) is 0 Å². The van der Waals surface area contributed by atoms with Crippen LogP contribution < -0.4 is 14.8 Å². The first-order valence-corrected chi connectivity index (χ1v) is 11.8. The molecular formula is C24H28N4O2S. The normalized spacial score (nSPS) is 15.3. The van der Waals surface area contributed by atoms with Gasteiger partial charge < -0.3 is 19.4 Å². The number of benzene rings is 2. The molecule has 2 aromatic carbocycles. The second kappa shape index (κ2) is 8.75. The van der Waals surface area contributed by atoms with E-state index in [9.17, 15) is 0 Å². The number of nitrogens with one attached hydrogen (secondary N) is 1. The van der Waals surface area contributed by atoms with Crippen LogP contribution in [-0.4, -0.2) is 34.8 Å². The van der Waals surface area contributed by atoms with Gasteiger partial charge in [0, 0.05) is 24.7 Å². The van der Waals surface area contributed by atoms with Gasteiger partial charge in [-0.2, -0.15) is 0 Å². The van der Waals surface area contributed by atoms with Gasteiger partial charge in [0.05, 0.1) is 41.8 Å². The minimum Gasteiger partial charge on any atom is -0.493 e. The molecule has 6 nitrogen and oxygen atoms in total. The molecule has 1 aliphatic rings. The number of hydrogen-bond acceptors (Lipinski definition) is 6. The van der Waals surface area contributed by atoms with Gasteiger partial charge in [-0.3, -0.25) is 0 Å². The first kappa shape index (κ1) is 20.1. The summed E-state index contributed by atoms with van der Waals surface area (Å²) < 4.78 is 14.2. The van der Waals surface area contributed by atoms with Crippen molar-refractivity contribution in [3.8, 4) is 11.5 Å². The van der Waals surface area contributed by atoms with E-state index >= 15 is 0 Å². The number of anilines is 1. The first-order valence-electron chi connectivity index (χ1n) is 11.0. The largest absolute Gasteiger partial charge is 0.493 e. The predicted molar refractivity (Wildman–Crippen MR) is 127 cm³/mol. The Hall–Kier alpha value is -2.80. The fourth-order valence-corrected chi connectivity index (χ4v) is 5.44. The molecule has 0 spiro atoms. The topological polar surface area (TPSA) is 61.2 Å². The van der Waals surface area contributed by atoms with Crippen molar-refractivity contribution in [2.45, 2.75) is 51.1 Å². The summed E-state index contributed by atoms with van der Waals surface area (Å²) in [7, 11) is 3.30. The molecule has 162 valence electrons. The van der Waals surface area contributed by atoms with Crippen LogP contribution >= 0.6 is 11.3 Å². The Bertz CT molecular complexity index is 1190. The second-order valence-electron chi connectivity index (χ2n) is 8.22. The van der Waals surface area contributed by atoms with Crippen LogP contribution in [-0.2, 0) is 6.54 Å². The van der Waals surface area contributed by atoms with Crippen LogP contribution in [0.5, 0.6) is 11.5 Å². The Balaban J connectivity index is 1.38. The maximum Gasteiger partial charge on any atom is 0.184 e. The molecule has 7 heteroatoms. The molecule has 5 rings (SSSR count). The fraction of sp³-hybridized carbons (Fsp3) is 0.417. The third-order valence-electron chi connectivity index (χ3n) is 6.11. The highest BCUT2D eigenvalue weighted by molar-refractivity contribution is 7.22. The van der Waals surface area contributed by atoms with E-state index in [-0.39, 0.29) is 0 Å². The van der Waals surface area contributed by atoms with Gasteiger partial charge >= 0.3 is 0 Å². The van der Waals surface area contributed by atoms with Crippen molar-refractivity contribution < 1.29 is 9.47 Å². The van der Waals surface area contributed by atoms with Crippen LogP contribution in [0.1, 0.15) is 44.1 Å². The second-order valence-corrected chi connectivity index (χ2v) is 9.25. The molecule has 0 atom stereocenters. The van der Waals surface area contributed by atoms with E-state index in [2.05, 4.69) is 33.1 Å². The van der Waals surface area contributed by atoms with Gasteiger partial charge in [0.1, 0.15) is 0 Å². The van der Waals surface area contributed by atoms with Crippen LogP contribution in [0.25, 0.3) is 21.3 Å². The van der Waals surface area contributed by atoms with Crippen molar-refractivity contribution >= 4 is 37.7 Å². The lowest BCUT2D eigenvalue weighted by atomic mass is 10.1. The third kappa shape index (κ3) is 4.19. The molecule has 0 bridgehead atoms. The van der Waals surface area contributed by atoms with Crippen LogP contribution in [0.4, 0.5) is 5.13 Å². The molecule has 1 fully saturated rings. The van der Waals surface area contributed by atoms with Crippen molar-refractivity contribution in [1.82, 2.24) is 14.5 Å². The lowest BCUT2D eigenvalue weighted by molar-refractivity contribution is 0.355. The molecule has 1 saturated carbocycles. The molecule has 2 heterocycles. The van der Waals surface area contributed by atoms with Gasteiger partial charge in [0.15, 0.2) is 16.6 Å². The summed E-state index contributed by atoms with van der Waals surface area (Å²) in [5, 5.41) is 4.73. The first-order chi connectivity index (χ1) is 15.2. The number of methoxy groups -OCH3 is 2. The van der Waals surface area contributed by atoms with Gasteiger partial charge in [-0.1, -0.05) is 43.1 Å². The van der Waals surface area contributed by atoms with Crippen LogP contribution in [0.2, 0.25) is 0 Å². The average molecular weight is 437 g/mol. The molecule has 0 aliphatic heterocycles. The number of imidazole rings is 1. The summed E-state index contributed by atoms with van der Waals surface area (Å²) in [5.41, 5.74) is 4.21. The number of fused-ring (bicyclic) bond motifs is 2. The number of thiazole rings is 1. The lowest BCUT2D eigenvalue weighted by Gasteiger charge is -2.14. The lowest BCUT2D eigenvalue weighted by Crippen LogP contribution is -2.17. The highest BCUT2D eigenvalue weighted by Gasteiger charge is 2.15. The molecule has 0 amide bonds. The van der Waals surface area contributed by atoms with Crippen molar-refractivity contribution in [3.05, 3.63) is 42.2 Å². The Morgan fingerprint density at radius 3 is 2.55 bits per heavy atom. The zero-order chi connectivity index (χ0) is 21.2. The Kier molecular flexibility index (Phi) is 5.68. The van der Waals surface area contributed by atoms with Crippen LogP contribution in [0, 0.1) is 0 Å². The summed E-state index contributed by atoms with van der Waals surface area (Å²) >= 11 is 1.76. The molecule has 2 aromatic heterocycles. The Morgan fingerprint density at radius 1 is 1.00 bits per heavy atom. The minimum atomic E-state index is 0.562. The third-order valence-corrected chi connectivity index (χ3v) is 7.06. The maximum atomic E-state index is 5.47. The fourth-order valence-electron chi connectivity index (χ4n) is 4.44. The van der Waals surface area contributed by atoms with Crippen molar-refractivity contribution in [2.24, 2.45) is 0 Å². The number of ether oxygens (including phenoxy) is 2. The summed E-state index contributed by atoms with van der Waals surface area (Å²) in [5.74, 6) is 1.41. The monoisotopic (exact) mass is 436 g/mol. The van der Waals surface area contributed by atoms with E-state index in [4.69, 9.17) is 14.5 Å². The van der Waals surface area contributed by atoms with E-state index in [1.807, 2.05) is 18.5 Å². The van der Waals surface area contributed by atoms with Gasteiger partial charge in [-0.15, -0.1) is 0 Å². The minimum absolute atomic E-state index is 0.562. The van der Waals surface area contributed by atoms with Gasteiger partial charge in [-0.25, -0.2) is 9.97 Å². The molecule has 31 heavy (non-hydrogen) atoms. The van der Waals surface area contributed by atoms with Gasteiger partial charge in [0.2, 0.25) is 0 Å². The maximum absolute atomic E-state index is 5.47. The molecule has 0 radical (unpaired) electrons. The average Bonchev–Trinajstić information content (AvgIpc) is 3.26. The zero-order valence-electron chi connectivity index (χ0n) is 18.1. The smallest absolute Gasteiger partial charge is 0.184 e. The van der Waals surface area contributed by atoms with Crippen LogP contribution in [0.3, 0.4) is 0 Å². The molecular weight excluding hydrogens is 408 g/mol. The van der Waals surface area contributed by atoms with Gasteiger partial charge in [0.25, 0.3) is 0 Å². The van der Waals surface area contributed by atoms with Crippen LogP contribution in [0.15, 0.2) is 36.7 Å².